The standard InChI is InChI=1S/C16H13F2N5O/c1-24-12-4-2-3-10(7-12)20-15-9-19-23-16(22-15)21-11-5-6-13(17)14(18)8-11/h2-9H,1H3,(H2,20,21,22,23). The van der Waals surface area contributed by atoms with Crippen LogP contribution in [0.1, 0.15) is 0 Å². The Labute approximate surface area is 136 Å². The molecule has 0 amide bonds. The van der Waals surface area contributed by atoms with E-state index >= 15 is 0 Å². The second-order valence-electron chi connectivity index (χ2n) is 4.78. The number of aromatic nitrogens is 3. The maximum Gasteiger partial charge on any atom is 0.249 e. The molecule has 2 aromatic carbocycles. The maximum atomic E-state index is 13.2. The van der Waals surface area contributed by atoms with E-state index in [0.29, 0.717) is 17.3 Å². The predicted molar refractivity (Wildman–Crippen MR) is 85.7 cm³/mol. The van der Waals surface area contributed by atoms with Crippen molar-refractivity contribution in [3.05, 3.63) is 60.3 Å². The first-order valence-corrected chi connectivity index (χ1v) is 6.97. The number of ether oxygens (including phenoxy) is 1. The number of hydrogen-bond acceptors (Lipinski definition) is 6. The van der Waals surface area contributed by atoms with Crippen LogP contribution in [-0.4, -0.2) is 22.3 Å². The number of benzene rings is 2. The fraction of sp³-hybridized carbons (Fsp3) is 0.0625. The van der Waals surface area contributed by atoms with Gasteiger partial charge < -0.3 is 15.4 Å². The molecule has 0 saturated heterocycles. The zero-order valence-corrected chi connectivity index (χ0v) is 12.6. The Morgan fingerprint density at radius 3 is 2.58 bits per heavy atom. The van der Waals surface area contributed by atoms with E-state index in [0.717, 1.165) is 17.8 Å². The fourth-order valence-electron chi connectivity index (χ4n) is 1.97. The zero-order valence-electron chi connectivity index (χ0n) is 12.6. The van der Waals surface area contributed by atoms with Crippen LogP contribution in [0.4, 0.5) is 31.9 Å². The van der Waals surface area contributed by atoms with Crippen LogP contribution in [0.2, 0.25) is 0 Å². The van der Waals surface area contributed by atoms with Crippen LogP contribution < -0.4 is 15.4 Å². The van der Waals surface area contributed by atoms with Crippen LogP contribution in [0.25, 0.3) is 0 Å². The molecule has 0 atom stereocenters. The lowest BCUT2D eigenvalue weighted by Crippen LogP contribution is -2.03. The highest BCUT2D eigenvalue weighted by Crippen LogP contribution is 2.21. The van der Waals surface area contributed by atoms with Gasteiger partial charge >= 0.3 is 0 Å². The third-order valence-electron chi connectivity index (χ3n) is 3.08. The van der Waals surface area contributed by atoms with E-state index in [4.69, 9.17) is 4.74 Å². The van der Waals surface area contributed by atoms with Crippen molar-refractivity contribution in [2.24, 2.45) is 0 Å². The van der Waals surface area contributed by atoms with E-state index in [-0.39, 0.29) is 5.95 Å². The molecule has 0 bridgehead atoms. The highest BCUT2D eigenvalue weighted by Gasteiger charge is 2.06. The average Bonchev–Trinajstić information content (AvgIpc) is 2.59. The second-order valence-corrected chi connectivity index (χ2v) is 4.78. The summed E-state index contributed by atoms with van der Waals surface area (Å²) in [4.78, 5) is 4.22. The first kappa shape index (κ1) is 15.6. The quantitative estimate of drug-likeness (QED) is 0.744. The van der Waals surface area contributed by atoms with Crippen molar-refractivity contribution >= 4 is 23.1 Å². The van der Waals surface area contributed by atoms with E-state index in [2.05, 4.69) is 25.8 Å². The van der Waals surface area contributed by atoms with Crippen LogP contribution in [0.5, 0.6) is 5.75 Å². The highest BCUT2D eigenvalue weighted by molar-refractivity contribution is 5.59. The van der Waals surface area contributed by atoms with E-state index in [1.54, 1.807) is 13.2 Å². The van der Waals surface area contributed by atoms with Gasteiger partial charge in [-0.25, -0.2) is 8.78 Å². The minimum absolute atomic E-state index is 0.147. The molecule has 0 saturated carbocycles. The lowest BCUT2D eigenvalue weighted by Gasteiger charge is -2.09. The summed E-state index contributed by atoms with van der Waals surface area (Å²) in [5.74, 6) is -0.606. The number of methoxy groups -OCH3 is 1. The number of nitrogens with zero attached hydrogens (tertiary/aromatic N) is 3. The fourth-order valence-corrected chi connectivity index (χ4v) is 1.97. The summed E-state index contributed by atoms with van der Waals surface area (Å²) in [5.41, 5.74) is 1.07. The molecule has 0 unspecified atom stereocenters. The summed E-state index contributed by atoms with van der Waals surface area (Å²) in [6.07, 6.45) is 1.44. The Morgan fingerprint density at radius 2 is 1.79 bits per heavy atom. The Hall–Kier alpha value is -3.29. The van der Waals surface area contributed by atoms with Gasteiger partial charge in [-0.05, 0) is 24.3 Å². The first-order chi connectivity index (χ1) is 11.6. The Bertz CT molecular complexity index is 859. The van der Waals surface area contributed by atoms with Gasteiger partial charge in [-0.2, -0.15) is 10.1 Å². The summed E-state index contributed by atoms with van der Waals surface area (Å²) >= 11 is 0. The number of hydrogen-bond donors (Lipinski definition) is 2. The molecular formula is C16H13F2N5O. The molecule has 1 aromatic heterocycles. The van der Waals surface area contributed by atoms with Gasteiger partial charge in [-0.1, -0.05) is 6.07 Å². The SMILES string of the molecule is COc1cccc(Nc2cnnc(Nc3ccc(F)c(F)c3)n2)c1. The number of anilines is 4. The molecule has 3 aromatic rings. The second kappa shape index (κ2) is 6.86. The first-order valence-electron chi connectivity index (χ1n) is 6.97. The van der Waals surface area contributed by atoms with Gasteiger partial charge in [0.05, 0.1) is 13.3 Å². The normalized spacial score (nSPS) is 10.3. The van der Waals surface area contributed by atoms with Crippen molar-refractivity contribution in [3.8, 4) is 5.75 Å². The molecule has 0 spiro atoms. The zero-order chi connectivity index (χ0) is 16.9. The van der Waals surface area contributed by atoms with Gasteiger partial charge in [0.1, 0.15) is 5.75 Å². The Kier molecular flexibility index (Phi) is 4.46. The lowest BCUT2D eigenvalue weighted by molar-refractivity contribution is 0.415. The van der Waals surface area contributed by atoms with Crippen LogP contribution >= 0.6 is 0 Å². The Balaban J connectivity index is 1.77. The number of nitrogens with one attached hydrogen (secondary N) is 2. The smallest absolute Gasteiger partial charge is 0.249 e. The molecule has 6 nitrogen and oxygen atoms in total. The van der Waals surface area contributed by atoms with Crippen molar-refractivity contribution in [3.63, 3.8) is 0 Å². The molecule has 0 radical (unpaired) electrons. The molecule has 0 aliphatic heterocycles. The summed E-state index contributed by atoms with van der Waals surface area (Å²) in [6, 6.07) is 10.7. The van der Waals surface area contributed by atoms with Crippen molar-refractivity contribution < 1.29 is 13.5 Å². The molecule has 0 fully saturated rings. The molecule has 2 N–H and O–H groups in total. The molecule has 0 aliphatic carbocycles. The maximum absolute atomic E-state index is 13.2. The minimum atomic E-state index is -0.960. The molecule has 8 heteroatoms. The van der Waals surface area contributed by atoms with Crippen LogP contribution in [-0.2, 0) is 0 Å². The number of halogens is 2. The Morgan fingerprint density at radius 1 is 0.958 bits per heavy atom. The van der Waals surface area contributed by atoms with Crippen molar-refractivity contribution in [2.75, 3.05) is 17.7 Å². The third-order valence-corrected chi connectivity index (χ3v) is 3.08. The summed E-state index contributed by atoms with van der Waals surface area (Å²) in [7, 11) is 1.58. The molecule has 122 valence electrons. The summed E-state index contributed by atoms with van der Waals surface area (Å²) in [6.45, 7) is 0. The van der Waals surface area contributed by atoms with Crippen molar-refractivity contribution in [1.29, 1.82) is 0 Å². The van der Waals surface area contributed by atoms with Gasteiger partial charge in [-0.15, -0.1) is 5.10 Å². The predicted octanol–water partition coefficient (Wildman–Crippen LogP) is 3.65. The van der Waals surface area contributed by atoms with Gasteiger partial charge in [-0.3, -0.25) is 0 Å². The topological polar surface area (TPSA) is 72.0 Å². The summed E-state index contributed by atoms with van der Waals surface area (Å²) in [5, 5.41) is 13.5. The number of rotatable bonds is 5. The highest BCUT2D eigenvalue weighted by atomic mass is 19.2. The third kappa shape index (κ3) is 3.72. The minimum Gasteiger partial charge on any atom is -0.497 e. The van der Waals surface area contributed by atoms with Gasteiger partial charge in [0, 0.05) is 23.5 Å². The molecule has 3 rings (SSSR count). The van der Waals surface area contributed by atoms with Gasteiger partial charge in [0.25, 0.3) is 0 Å². The van der Waals surface area contributed by atoms with Crippen molar-refractivity contribution in [1.82, 2.24) is 15.2 Å². The molecular weight excluding hydrogens is 316 g/mol. The van der Waals surface area contributed by atoms with E-state index in [1.165, 1.54) is 12.3 Å². The van der Waals surface area contributed by atoms with Crippen molar-refractivity contribution in [2.45, 2.75) is 0 Å². The monoisotopic (exact) mass is 329 g/mol. The van der Waals surface area contributed by atoms with Gasteiger partial charge in [0.2, 0.25) is 5.95 Å². The lowest BCUT2D eigenvalue weighted by atomic mass is 10.3. The largest absolute Gasteiger partial charge is 0.497 e. The van der Waals surface area contributed by atoms with E-state index < -0.39 is 11.6 Å². The van der Waals surface area contributed by atoms with E-state index in [1.807, 2.05) is 18.2 Å². The van der Waals surface area contributed by atoms with Crippen LogP contribution in [0.15, 0.2) is 48.7 Å². The van der Waals surface area contributed by atoms with Crippen LogP contribution in [0.3, 0.4) is 0 Å². The van der Waals surface area contributed by atoms with Crippen LogP contribution in [0, 0.1) is 11.6 Å². The average molecular weight is 329 g/mol. The van der Waals surface area contributed by atoms with E-state index in [9.17, 15) is 8.78 Å². The molecule has 0 aliphatic rings. The van der Waals surface area contributed by atoms with Gasteiger partial charge in [0.15, 0.2) is 17.5 Å². The summed E-state index contributed by atoms with van der Waals surface area (Å²) < 4.78 is 31.3. The molecule has 24 heavy (non-hydrogen) atoms. The molecule has 1 heterocycles.